The molecule has 0 radical (unpaired) electrons. The minimum atomic E-state index is 0.0900. The molecule has 3 saturated heterocycles. The third-order valence-electron chi connectivity index (χ3n) is 4.94. The first-order chi connectivity index (χ1) is 10.7. The molecule has 1 aromatic heterocycles. The third-order valence-corrected chi connectivity index (χ3v) is 5.43. The number of nitrogens with zero attached hydrogens (tertiary/aromatic N) is 2. The van der Waals surface area contributed by atoms with Crippen molar-refractivity contribution in [2.45, 2.75) is 25.3 Å². The zero-order chi connectivity index (χ0) is 15.1. The van der Waals surface area contributed by atoms with Crippen molar-refractivity contribution in [3.05, 3.63) is 28.4 Å². The van der Waals surface area contributed by atoms with Gasteiger partial charge in [-0.3, -0.25) is 9.89 Å². The van der Waals surface area contributed by atoms with Crippen LogP contribution < -0.4 is 5.32 Å². The van der Waals surface area contributed by atoms with Crippen molar-refractivity contribution >= 4 is 32.7 Å². The number of rotatable bonds is 3. The number of fused-ring (bicyclic) bond motifs is 4. The Morgan fingerprint density at radius 3 is 2.95 bits per heavy atom. The Balaban J connectivity index is 1.45. The molecule has 5 nitrogen and oxygen atoms in total. The van der Waals surface area contributed by atoms with Gasteiger partial charge in [0.15, 0.2) is 0 Å². The van der Waals surface area contributed by atoms with Gasteiger partial charge in [0.1, 0.15) is 0 Å². The lowest BCUT2D eigenvalue weighted by Gasteiger charge is -2.44. The molecule has 3 aliphatic rings. The van der Waals surface area contributed by atoms with E-state index in [0.717, 1.165) is 27.6 Å². The van der Waals surface area contributed by atoms with Crippen LogP contribution in [0.1, 0.15) is 18.5 Å². The number of aromatic nitrogens is 2. The predicted molar refractivity (Wildman–Crippen MR) is 88.6 cm³/mol. The van der Waals surface area contributed by atoms with Gasteiger partial charge in [-0.1, -0.05) is 15.9 Å². The summed E-state index contributed by atoms with van der Waals surface area (Å²) < 4.78 is 0.995. The summed E-state index contributed by atoms with van der Waals surface area (Å²) in [5.41, 5.74) is 1.78. The number of carbonyl (C=O) groups is 1. The first kappa shape index (κ1) is 14.2. The largest absolute Gasteiger partial charge is 0.351 e. The van der Waals surface area contributed by atoms with Crippen LogP contribution in [0.25, 0.3) is 10.9 Å². The third kappa shape index (κ3) is 2.65. The van der Waals surface area contributed by atoms with Gasteiger partial charge < -0.3 is 10.2 Å². The van der Waals surface area contributed by atoms with Crippen molar-refractivity contribution in [1.82, 2.24) is 20.4 Å². The maximum absolute atomic E-state index is 12.4. The van der Waals surface area contributed by atoms with Crippen LogP contribution >= 0.6 is 15.9 Å². The van der Waals surface area contributed by atoms with Gasteiger partial charge in [0, 0.05) is 22.4 Å². The van der Waals surface area contributed by atoms with Crippen LogP contribution in [0.4, 0.5) is 0 Å². The summed E-state index contributed by atoms with van der Waals surface area (Å²) in [5.74, 6) is 0.746. The number of hydrogen-bond acceptors (Lipinski definition) is 3. The Morgan fingerprint density at radius 2 is 2.23 bits per heavy atom. The summed E-state index contributed by atoms with van der Waals surface area (Å²) in [7, 11) is 0. The fourth-order valence-electron chi connectivity index (χ4n) is 3.72. The van der Waals surface area contributed by atoms with Gasteiger partial charge in [0.2, 0.25) is 5.91 Å². The van der Waals surface area contributed by atoms with Crippen LogP contribution in [0.5, 0.6) is 0 Å². The second-order valence-electron chi connectivity index (χ2n) is 6.35. The molecule has 22 heavy (non-hydrogen) atoms. The van der Waals surface area contributed by atoms with Crippen LogP contribution in [0.2, 0.25) is 0 Å². The van der Waals surface area contributed by atoms with Crippen LogP contribution in [0, 0.1) is 5.92 Å². The van der Waals surface area contributed by atoms with Crippen molar-refractivity contribution in [2.75, 3.05) is 19.6 Å². The van der Waals surface area contributed by atoms with Gasteiger partial charge >= 0.3 is 0 Å². The molecule has 2 bridgehead atoms. The summed E-state index contributed by atoms with van der Waals surface area (Å²) in [4.78, 5) is 14.8. The lowest BCUT2D eigenvalue weighted by atomic mass is 9.84. The van der Waals surface area contributed by atoms with E-state index in [1.165, 1.54) is 25.9 Å². The molecule has 1 atom stereocenters. The molecule has 1 amide bonds. The topological polar surface area (TPSA) is 61.0 Å². The number of amides is 1. The fraction of sp³-hybridized carbons (Fsp3) is 0.500. The Hall–Kier alpha value is -1.40. The summed E-state index contributed by atoms with van der Waals surface area (Å²) in [5, 5.41) is 11.5. The summed E-state index contributed by atoms with van der Waals surface area (Å²) in [6.45, 7) is 3.39. The second-order valence-corrected chi connectivity index (χ2v) is 7.27. The fourth-order valence-corrected chi connectivity index (χ4v) is 4.07. The van der Waals surface area contributed by atoms with Crippen molar-refractivity contribution in [2.24, 2.45) is 5.92 Å². The van der Waals surface area contributed by atoms with E-state index >= 15 is 0 Å². The molecule has 0 aliphatic carbocycles. The number of hydrogen-bond donors (Lipinski definition) is 2. The summed E-state index contributed by atoms with van der Waals surface area (Å²) in [6.07, 6.45) is 2.79. The average molecular weight is 363 g/mol. The van der Waals surface area contributed by atoms with E-state index in [4.69, 9.17) is 0 Å². The van der Waals surface area contributed by atoms with Crippen LogP contribution in [0.3, 0.4) is 0 Å². The first-order valence-corrected chi connectivity index (χ1v) is 8.62. The smallest absolute Gasteiger partial charge is 0.226 e. The standard InChI is InChI=1S/C16H19BrN4O/c17-11-1-2-12-13(7-11)19-20-14(12)8-16(22)18-15-9-21-5-3-10(15)4-6-21/h1-2,7,10,15H,3-6,8-9H2,(H,18,22)(H,19,20). The number of piperidine rings is 3. The maximum Gasteiger partial charge on any atom is 0.226 e. The molecule has 2 N–H and O–H groups in total. The predicted octanol–water partition coefficient (Wildman–Crippen LogP) is 2.08. The second kappa shape index (κ2) is 5.66. The minimum Gasteiger partial charge on any atom is -0.351 e. The van der Waals surface area contributed by atoms with Gasteiger partial charge in [-0.05, 0) is 50.0 Å². The molecule has 1 unspecified atom stereocenters. The zero-order valence-electron chi connectivity index (χ0n) is 12.3. The van der Waals surface area contributed by atoms with Gasteiger partial charge in [-0.25, -0.2) is 0 Å². The van der Waals surface area contributed by atoms with E-state index in [-0.39, 0.29) is 5.91 Å². The molecular formula is C16H19BrN4O. The van der Waals surface area contributed by atoms with Crippen molar-refractivity contribution in [3.8, 4) is 0 Å². The van der Waals surface area contributed by atoms with Crippen molar-refractivity contribution in [3.63, 3.8) is 0 Å². The van der Waals surface area contributed by atoms with E-state index in [0.29, 0.717) is 18.4 Å². The number of H-pyrrole nitrogens is 1. The summed E-state index contributed by atoms with van der Waals surface area (Å²) >= 11 is 3.44. The number of aromatic amines is 1. The molecule has 2 aromatic rings. The molecule has 3 aliphatic heterocycles. The highest BCUT2D eigenvalue weighted by Crippen LogP contribution is 2.27. The van der Waals surface area contributed by atoms with E-state index < -0.39 is 0 Å². The van der Waals surface area contributed by atoms with Crippen LogP contribution in [0.15, 0.2) is 22.7 Å². The van der Waals surface area contributed by atoms with E-state index in [1.807, 2.05) is 18.2 Å². The molecule has 0 spiro atoms. The Bertz CT molecular complexity index is 705. The summed E-state index contributed by atoms with van der Waals surface area (Å²) in [6, 6.07) is 6.26. The molecule has 5 rings (SSSR count). The normalized spacial score (nSPS) is 27.2. The van der Waals surface area contributed by atoms with E-state index in [2.05, 4.69) is 36.3 Å². The molecule has 0 saturated carbocycles. The Morgan fingerprint density at radius 1 is 1.41 bits per heavy atom. The number of nitrogens with one attached hydrogen (secondary N) is 2. The average Bonchev–Trinajstić information content (AvgIpc) is 2.90. The Kier molecular flexibility index (Phi) is 3.66. The molecule has 3 fully saturated rings. The maximum atomic E-state index is 12.4. The highest BCUT2D eigenvalue weighted by Gasteiger charge is 2.34. The molecular weight excluding hydrogens is 344 g/mol. The van der Waals surface area contributed by atoms with E-state index in [1.54, 1.807) is 0 Å². The quantitative estimate of drug-likeness (QED) is 0.878. The molecule has 1 aromatic carbocycles. The van der Waals surface area contributed by atoms with Crippen molar-refractivity contribution in [1.29, 1.82) is 0 Å². The van der Waals surface area contributed by atoms with Crippen molar-refractivity contribution < 1.29 is 4.79 Å². The van der Waals surface area contributed by atoms with E-state index in [9.17, 15) is 4.79 Å². The number of benzene rings is 1. The van der Waals surface area contributed by atoms with Gasteiger partial charge in [0.05, 0.1) is 17.6 Å². The molecule has 116 valence electrons. The van der Waals surface area contributed by atoms with Gasteiger partial charge in [-0.15, -0.1) is 0 Å². The van der Waals surface area contributed by atoms with Gasteiger partial charge in [-0.2, -0.15) is 5.10 Å². The number of halogens is 1. The lowest BCUT2D eigenvalue weighted by molar-refractivity contribution is -0.122. The Labute approximate surface area is 137 Å². The van der Waals surface area contributed by atoms with Gasteiger partial charge in [0.25, 0.3) is 0 Å². The first-order valence-electron chi connectivity index (χ1n) is 7.83. The molecule has 6 heteroatoms. The lowest BCUT2D eigenvalue weighted by Crippen LogP contribution is -2.57. The molecule has 4 heterocycles. The highest BCUT2D eigenvalue weighted by molar-refractivity contribution is 9.10. The van der Waals surface area contributed by atoms with Crippen LogP contribution in [-0.4, -0.2) is 46.7 Å². The number of carbonyl (C=O) groups excluding carboxylic acids is 1. The highest BCUT2D eigenvalue weighted by atomic mass is 79.9. The van der Waals surface area contributed by atoms with Crippen LogP contribution in [-0.2, 0) is 11.2 Å². The monoisotopic (exact) mass is 362 g/mol. The minimum absolute atomic E-state index is 0.0900. The SMILES string of the molecule is O=C(Cc1[nH]nc2cc(Br)ccc12)NC1CN2CCC1CC2. The zero-order valence-corrected chi connectivity index (χ0v) is 13.9.